The summed E-state index contributed by atoms with van der Waals surface area (Å²) in [5, 5.41) is 12.6. The molecule has 2 aromatic carbocycles. The number of nitrogens with zero attached hydrogens (tertiary/aromatic N) is 1. The van der Waals surface area contributed by atoms with Crippen molar-refractivity contribution in [2.24, 2.45) is 0 Å². The maximum Gasteiger partial charge on any atom is 0.102 e. The van der Waals surface area contributed by atoms with Gasteiger partial charge in [0.15, 0.2) is 0 Å². The van der Waals surface area contributed by atoms with Gasteiger partial charge in [-0.25, -0.2) is 0 Å². The van der Waals surface area contributed by atoms with E-state index >= 15 is 0 Å². The van der Waals surface area contributed by atoms with Crippen LogP contribution >= 0.6 is 15.9 Å². The first-order chi connectivity index (χ1) is 9.11. The van der Waals surface area contributed by atoms with E-state index in [0.717, 1.165) is 15.7 Å². The number of benzene rings is 2. The fourth-order valence-electron chi connectivity index (χ4n) is 2.03. The number of nitrogens with one attached hydrogen (secondary N) is 1. The van der Waals surface area contributed by atoms with Crippen LogP contribution < -0.4 is 5.32 Å². The number of halogens is 1. The lowest BCUT2D eigenvalue weighted by atomic mass is 10.0. The molecule has 0 heterocycles. The Balaban J connectivity index is 2.27. The third kappa shape index (κ3) is 3.15. The van der Waals surface area contributed by atoms with Crippen LogP contribution in [0, 0.1) is 18.3 Å². The lowest BCUT2D eigenvalue weighted by Gasteiger charge is -2.17. The molecule has 1 atom stereocenters. The highest BCUT2D eigenvalue weighted by Gasteiger charge is 2.09. The standard InChI is InChI=1S/C16H15BrN2/c1-11-5-3-8-16(15(11)10-18)19-12(2)13-6-4-7-14(17)9-13/h3-9,12,19H,1-2H3. The van der Waals surface area contributed by atoms with Crippen LogP contribution in [0.3, 0.4) is 0 Å². The second-order valence-electron chi connectivity index (χ2n) is 4.53. The molecule has 0 saturated heterocycles. The average Bonchev–Trinajstić information content (AvgIpc) is 2.39. The Morgan fingerprint density at radius 2 is 1.95 bits per heavy atom. The largest absolute Gasteiger partial charge is 0.377 e. The predicted octanol–water partition coefficient (Wildman–Crippen LogP) is 4.80. The minimum absolute atomic E-state index is 0.145. The quantitative estimate of drug-likeness (QED) is 0.883. The first-order valence-corrected chi connectivity index (χ1v) is 6.93. The summed E-state index contributed by atoms with van der Waals surface area (Å²) >= 11 is 3.48. The van der Waals surface area contributed by atoms with Crippen LogP contribution in [0.5, 0.6) is 0 Å². The van der Waals surface area contributed by atoms with Crippen molar-refractivity contribution >= 4 is 21.6 Å². The van der Waals surface area contributed by atoms with Gasteiger partial charge in [0.25, 0.3) is 0 Å². The molecule has 0 radical (unpaired) electrons. The second kappa shape index (κ2) is 5.90. The van der Waals surface area contributed by atoms with Gasteiger partial charge in [0.1, 0.15) is 6.07 Å². The molecule has 0 aliphatic carbocycles. The molecule has 0 aliphatic heterocycles. The van der Waals surface area contributed by atoms with Crippen molar-refractivity contribution in [1.82, 2.24) is 0 Å². The zero-order chi connectivity index (χ0) is 13.8. The number of anilines is 1. The molecule has 19 heavy (non-hydrogen) atoms. The van der Waals surface area contributed by atoms with Crippen LogP contribution in [-0.2, 0) is 0 Å². The monoisotopic (exact) mass is 314 g/mol. The van der Waals surface area contributed by atoms with E-state index in [2.05, 4.69) is 46.4 Å². The van der Waals surface area contributed by atoms with Crippen LogP contribution in [0.4, 0.5) is 5.69 Å². The first-order valence-electron chi connectivity index (χ1n) is 6.13. The molecule has 0 spiro atoms. The highest BCUT2D eigenvalue weighted by atomic mass is 79.9. The summed E-state index contributed by atoms with van der Waals surface area (Å²) in [4.78, 5) is 0. The molecule has 96 valence electrons. The Labute approximate surface area is 122 Å². The van der Waals surface area contributed by atoms with Gasteiger partial charge >= 0.3 is 0 Å². The Kier molecular flexibility index (Phi) is 4.24. The minimum atomic E-state index is 0.145. The zero-order valence-electron chi connectivity index (χ0n) is 10.9. The van der Waals surface area contributed by atoms with Gasteiger partial charge in [0.2, 0.25) is 0 Å². The van der Waals surface area contributed by atoms with E-state index in [1.165, 1.54) is 5.56 Å². The maximum absolute atomic E-state index is 9.23. The van der Waals surface area contributed by atoms with Crippen molar-refractivity contribution in [2.75, 3.05) is 5.32 Å². The highest BCUT2D eigenvalue weighted by molar-refractivity contribution is 9.10. The van der Waals surface area contributed by atoms with Gasteiger partial charge in [0, 0.05) is 10.5 Å². The van der Waals surface area contributed by atoms with Gasteiger partial charge < -0.3 is 5.32 Å². The van der Waals surface area contributed by atoms with Crippen molar-refractivity contribution < 1.29 is 0 Å². The van der Waals surface area contributed by atoms with E-state index in [1.807, 2.05) is 37.3 Å². The van der Waals surface area contributed by atoms with E-state index in [0.29, 0.717) is 5.56 Å². The van der Waals surface area contributed by atoms with Gasteiger partial charge in [-0.3, -0.25) is 0 Å². The molecule has 0 aliphatic rings. The summed E-state index contributed by atoms with van der Waals surface area (Å²) in [6.07, 6.45) is 0. The van der Waals surface area contributed by atoms with E-state index in [1.54, 1.807) is 0 Å². The Morgan fingerprint density at radius 3 is 2.63 bits per heavy atom. The molecule has 2 nitrogen and oxygen atoms in total. The predicted molar refractivity (Wildman–Crippen MR) is 82.1 cm³/mol. The fourth-order valence-corrected chi connectivity index (χ4v) is 2.45. The summed E-state index contributed by atoms with van der Waals surface area (Å²) in [5.74, 6) is 0. The van der Waals surface area contributed by atoms with Crippen LogP contribution in [-0.4, -0.2) is 0 Å². The second-order valence-corrected chi connectivity index (χ2v) is 5.45. The smallest absolute Gasteiger partial charge is 0.102 e. The molecular weight excluding hydrogens is 300 g/mol. The number of rotatable bonds is 3. The van der Waals surface area contributed by atoms with Gasteiger partial charge in [-0.15, -0.1) is 0 Å². The zero-order valence-corrected chi connectivity index (χ0v) is 12.5. The molecule has 0 aromatic heterocycles. The van der Waals surface area contributed by atoms with Crippen LogP contribution in [0.15, 0.2) is 46.9 Å². The molecule has 1 unspecified atom stereocenters. The number of nitriles is 1. The van der Waals surface area contributed by atoms with Crippen LogP contribution in [0.25, 0.3) is 0 Å². The van der Waals surface area contributed by atoms with Crippen molar-refractivity contribution in [1.29, 1.82) is 5.26 Å². The lowest BCUT2D eigenvalue weighted by molar-refractivity contribution is 0.882. The van der Waals surface area contributed by atoms with Gasteiger partial charge in [-0.2, -0.15) is 5.26 Å². The minimum Gasteiger partial charge on any atom is -0.377 e. The molecule has 0 saturated carbocycles. The van der Waals surface area contributed by atoms with E-state index in [4.69, 9.17) is 0 Å². The van der Waals surface area contributed by atoms with E-state index in [9.17, 15) is 5.26 Å². The Morgan fingerprint density at radius 1 is 1.21 bits per heavy atom. The first kappa shape index (κ1) is 13.6. The van der Waals surface area contributed by atoms with Gasteiger partial charge in [-0.1, -0.05) is 40.2 Å². The van der Waals surface area contributed by atoms with Crippen molar-refractivity contribution in [2.45, 2.75) is 19.9 Å². The molecule has 0 fully saturated rings. The third-order valence-corrected chi connectivity index (χ3v) is 3.60. The summed E-state index contributed by atoms with van der Waals surface area (Å²) < 4.78 is 1.06. The molecule has 0 amide bonds. The van der Waals surface area contributed by atoms with Crippen molar-refractivity contribution in [3.8, 4) is 6.07 Å². The van der Waals surface area contributed by atoms with Crippen LogP contribution in [0.1, 0.15) is 29.7 Å². The molecular formula is C16H15BrN2. The fraction of sp³-hybridized carbons (Fsp3) is 0.188. The molecule has 0 bridgehead atoms. The average molecular weight is 315 g/mol. The number of aryl methyl sites for hydroxylation is 1. The Hall–Kier alpha value is -1.79. The SMILES string of the molecule is Cc1cccc(NC(C)c2cccc(Br)c2)c1C#N. The molecule has 2 rings (SSSR count). The summed E-state index contributed by atoms with van der Waals surface area (Å²) in [6, 6.07) is 16.4. The molecule has 2 aromatic rings. The van der Waals surface area contributed by atoms with E-state index < -0.39 is 0 Å². The third-order valence-electron chi connectivity index (χ3n) is 3.11. The Bertz CT molecular complexity index is 629. The van der Waals surface area contributed by atoms with E-state index in [-0.39, 0.29) is 6.04 Å². The summed E-state index contributed by atoms with van der Waals surface area (Å²) in [7, 11) is 0. The molecule has 3 heteroatoms. The highest BCUT2D eigenvalue weighted by Crippen LogP contribution is 2.25. The number of hydrogen-bond donors (Lipinski definition) is 1. The summed E-state index contributed by atoms with van der Waals surface area (Å²) in [6.45, 7) is 4.04. The molecule has 1 N–H and O–H groups in total. The number of hydrogen-bond acceptors (Lipinski definition) is 2. The van der Waals surface area contributed by atoms with Crippen molar-refractivity contribution in [3.05, 3.63) is 63.6 Å². The lowest BCUT2D eigenvalue weighted by Crippen LogP contribution is -2.08. The topological polar surface area (TPSA) is 35.8 Å². The van der Waals surface area contributed by atoms with Crippen LogP contribution in [0.2, 0.25) is 0 Å². The van der Waals surface area contributed by atoms with Gasteiger partial charge in [-0.05, 0) is 43.2 Å². The maximum atomic E-state index is 9.23. The van der Waals surface area contributed by atoms with Crippen molar-refractivity contribution in [3.63, 3.8) is 0 Å². The summed E-state index contributed by atoms with van der Waals surface area (Å²) in [5.41, 5.74) is 3.77. The van der Waals surface area contributed by atoms with Gasteiger partial charge in [0.05, 0.1) is 11.3 Å². The normalized spacial score (nSPS) is 11.7.